The molecule has 0 heterocycles. The molecule has 0 unspecified atom stereocenters. The number of carbonyl (C=O) groups excluding carboxylic acids is 1. The number of phenolic OH excluding ortho intramolecular Hbond substituents is 1. The summed E-state index contributed by atoms with van der Waals surface area (Å²) in [6, 6.07) is 10.8. The Balaban J connectivity index is 2.66. The molecule has 2 aromatic rings. The van der Waals surface area contributed by atoms with Crippen LogP contribution in [-0.2, 0) is 4.79 Å². The largest absolute Gasteiger partial charge is 0.507 e. The van der Waals surface area contributed by atoms with Gasteiger partial charge in [0.2, 0.25) is 0 Å². The van der Waals surface area contributed by atoms with Gasteiger partial charge < -0.3 is 14.6 Å². The summed E-state index contributed by atoms with van der Waals surface area (Å²) in [6.07, 6.45) is 2.10. The van der Waals surface area contributed by atoms with Crippen LogP contribution in [0, 0.1) is 6.92 Å². The molecule has 114 valence electrons. The van der Waals surface area contributed by atoms with Crippen molar-refractivity contribution in [2.75, 3.05) is 14.2 Å². The lowest BCUT2D eigenvalue weighted by Gasteiger charge is -2.15. The van der Waals surface area contributed by atoms with Crippen LogP contribution in [0.2, 0.25) is 0 Å². The van der Waals surface area contributed by atoms with Gasteiger partial charge in [-0.15, -0.1) is 0 Å². The molecule has 0 amide bonds. The Bertz CT molecular complexity index is 700. The molecule has 0 radical (unpaired) electrons. The van der Waals surface area contributed by atoms with E-state index < -0.39 is 0 Å². The van der Waals surface area contributed by atoms with E-state index in [0.29, 0.717) is 28.9 Å². The van der Waals surface area contributed by atoms with Crippen molar-refractivity contribution in [3.05, 3.63) is 59.2 Å². The van der Waals surface area contributed by atoms with Gasteiger partial charge >= 0.3 is 0 Å². The van der Waals surface area contributed by atoms with E-state index in [-0.39, 0.29) is 5.75 Å². The highest BCUT2D eigenvalue weighted by molar-refractivity contribution is 5.93. The Morgan fingerprint density at radius 2 is 1.77 bits per heavy atom. The van der Waals surface area contributed by atoms with Gasteiger partial charge in [0.05, 0.1) is 19.8 Å². The van der Waals surface area contributed by atoms with Gasteiger partial charge in [-0.25, -0.2) is 0 Å². The number of hydrogen-bond acceptors (Lipinski definition) is 4. The number of aromatic hydroxyl groups is 1. The molecule has 0 bridgehead atoms. The van der Waals surface area contributed by atoms with Gasteiger partial charge in [0.15, 0.2) is 0 Å². The van der Waals surface area contributed by atoms with Crippen molar-refractivity contribution in [3.8, 4) is 17.2 Å². The molecule has 2 rings (SSSR count). The number of ether oxygens (including phenoxy) is 2. The summed E-state index contributed by atoms with van der Waals surface area (Å²) in [4.78, 5) is 11.0. The maximum absolute atomic E-state index is 11.0. The van der Waals surface area contributed by atoms with Crippen LogP contribution in [0.4, 0.5) is 0 Å². The Hall–Kier alpha value is -2.75. The SMILES string of the molecule is COc1cc(O)c(/C(=C\C=O)c2ccc(C)cc2)c(OC)c1. The molecule has 0 aliphatic rings. The minimum absolute atomic E-state index is 0.00937. The summed E-state index contributed by atoms with van der Waals surface area (Å²) < 4.78 is 10.5. The molecule has 0 aliphatic heterocycles. The molecular formula is C18H18O4. The summed E-state index contributed by atoms with van der Waals surface area (Å²) in [7, 11) is 3.02. The first-order chi connectivity index (χ1) is 10.6. The fourth-order valence-electron chi connectivity index (χ4n) is 2.25. The molecule has 0 saturated heterocycles. The molecule has 2 aromatic carbocycles. The number of aldehydes is 1. The first-order valence-electron chi connectivity index (χ1n) is 6.78. The molecule has 0 aliphatic carbocycles. The molecule has 1 N–H and O–H groups in total. The predicted molar refractivity (Wildman–Crippen MR) is 85.5 cm³/mol. The summed E-state index contributed by atoms with van der Waals surface area (Å²) in [5, 5.41) is 10.3. The Kier molecular flexibility index (Phi) is 4.84. The third-order valence-corrected chi connectivity index (χ3v) is 3.38. The topological polar surface area (TPSA) is 55.8 Å². The van der Waals surface area contributed by atoms with E-state index in [9.17, 15) is 9.90 Å². The second kappa shape index (κ2) is 6.80. The molecule has 4 nitrogen and oxygen atoms in total. The van der Waals surface area contributed by atoms with Crippen molar-refractivity contribution in [2.45, 2.75) is 6.92 Å². The molecule has 0 aromatic heterocycles. The van der Waals surface area contributed by atoms with Crippen LogP contribution in [0.5, 0.6) is 17.2 Å². The van der Waals surface area contributed by atoms with E-state index >= 15 is 0 Å². The van der Waals surface area contributed by atoms with Gasteiger partial charge in [0, 0.05) is 12.1 Å². The van der Waals surface area contributed by atoms with Gasteiger partial charge in [-0.2, -0.15) is 0 Å². The fraction of sp³-hybridized carbons (Fsp3) is 0.167. The quantitative estimate of drug-likeness (QED) is 0.679. The summed E-state index contributed by atoms with van der Waals surface area (Å²) in [5.74, 6) is 0.905. The standard InChI is InChI=1S/C18H18O4/c1-12-4-6-13(7-5-12)15(8-9-19)18-16(20)10-14(21-2)11-17(18)22-3/h4-11,20H,1-3H3/b15-8-. The zero-order chi connectivity index (χ0) is 16.1. The van der Waals surface area contributed by atoms with Crippen molar-refractivity contribution in [3.63, 3.8) is 0 Å². The number of benzene rings is 2. The lowest BCUT2D eigenvalue weighted by molar-refractivity contribution is -0.104. The third kappa shape index (κ3) is 3.11. The molecule has 22 heavy (non-hydrogen) atoms. The zero-order valence-electron chi connectivity index (χ0n) is 12.8. The molecular weight excluding hydrogens is 280 g/mol. The Labute approximate surface area is 129 Å². The van der Waals surface area contributed by atoms with Crippen LogP contribution in [-0.4, -0.2) is 25.6 Å². The van der Waals surface area contributed by atoms with Crippen LogP contribution in [0.15, 0.2) is 42.5 Å². The van der Waals surface area contributed by atoms with E-state index in [1.807, 2.05) is 31.2 Å². The van der Waals surface area contributed by atoms with Crippen molar-refractivity contribution in [1.29, 1.82) is 0 Å². The zero-order valence-corrected chi connectivity index (χ0v) is 12.8. The van der Waals surface area contributed by atoms with Gasteiger partial charge in [-0.05, 0) is 24.1 Å². The first-order valence-corrected chi connectivity index (χ1v) is 6.78. The van der Waals surface area contributed by atoms with Crippen LogP contribution >= 0.6 is 0 Å². The van der Waals surface area contributed by atoms with Crippen molar-refractivity contribution in [2.24, 2.45) is 0 Å². The normalized spacial score (nSPS) is 11.1. The first kappa shape index (κ1) is 15.6. The maximum Gasteiger partial charge on any atom is 0.143 e. The van der Waals surface area contributed by atoms with Crippen molar-refractivity contribution >= 4 is 11.9 Å². The number of carbonyl (C=O) groups is 1. The Morgan fingerprint density at radius 1 is 1.09 bits per heavy atom. The number of phenols is 1. The Morgan fingerprint density at radius 3 is 2.32 bits per heavy atom. The molecule has 0 spiro atoms. The smallest absolute Gasteiger partial charge is 0.143 e. The van der Waals surface area contributed by atoms with Gasteiger partial charge in [-0.1, -0.05) is 29.8 Å². The number of methoxy groups -OCH3 is 2. The van der Waals surface area contributed by atoms with Crippen LogP contribution in [0.3, 0.4) is 0 Å². The van der Waals surface area contributed by atoms with Crippen molar-refractivity contribution < 1.29 is 19.4 Å². The van der Waals surface area contributed by atoms with Crippen molar-refractivity contribution in [1.82, 2.24) is 0 Å². The average Bonchev–Trinajstić information content (AvgIpc) is 2.53. The van der Waals surface area contributed by atoms with Gasteiger partial charge in [-0.3, -0.25) is 4.79 Å². The third-order valence-electron chi connectivity index (χ3n) is 3.38. The highest BCUT2D eigenvalue weighted by atomic mass is 16.5. The van der Waals surface area contributed by atoms with E-state index in [1.54, 1.807) is 6.07 Å². The van der Waals surface area contributed by atoms with E-state index in [4.69, 9.17) is 9.47 Å². The average molecular weight is 298 g/mol. The summed E-state index contributed by atoms with van der Waals surface area (Å²) in [6.45, 7) is 1.98. The lowest BCUT2D eigenvalue weighted by Crippen LogP contribution is -1.96. The van der Waals surface area contributed by atoms with Crippen LogP contribution < -0.4 is 9.47 Å². The second-order valence-corrected chi connectivity index (χ2v) is 4.81. The number of hydrogen-bond donors (Lipinski definition) is 1. The van der Waals surface area contributed by atoms with Gasteiger partial charge in [0.1, 0.15) is 23.5 Å². The molecule has 4 heteroatoms. The van der Waals surface area contributed by atoms with Crippen LogP contribution in [0.1, 0.15) is 16.7 Å². The van der Waals surface area contributed by atoms with E-state index in [1.165, 1.54) is 26.4 Å². The number of aryl methyl sites for hydroxylation is 1. The summed E-state index contributed by atoms with van der Waals surface area (Å²) >= 11 is 0. The maximum atomic E-state index is 11.0. The predicted octanol–water partition coefficient (Wildman–Crippen LogP) is 3.35. The highest BCUT2D eigenvalue weighted by Gasteiger charge is 2.17. The molecule has 0 saturated carbocycles. The number of allylic oxidation sites excluding steroid dienone is 1. The monoisotopic (exact) mass is 298 g/mol. The van der Waals surface area contributed by atoms with Crippen LogP contribution in [0.25, 0.3) is 5.57 Å². The minimum Gasteiger partial charge on any atom is -0.507 e. The molecule has 0 fully saturated rings. The number of rotatable bonds is 5. The molecule has 0 atom stereocenters. The van der Waals surface area contributed by atoms with Gasteiger partial charge in [0.25, 0.3) is 0 Å². The summed E-state index contributed by atoms with van der Waals surface area (Å²) in [5.41, 5.74) is 2.97. The minimum atomic E-state index is -0.00937. The second-order valence-electron chi connectivity index (χ2n) is 4.81. The highest BCUT2D eigenvalue weighted by Crippen LogP contribution is 2.40. The van der Waals surface area contributed by atoms with E-state index in [2.05, 4.69) is 0 Å². The lowest BCUT2D eigenvalue weighted by atomic mass is 9.95. The van der Waals surface area contributed by atoms with E-state index in [0.717, 1.165) is 11.1 Å². The fourth-order valence-corrected chi connectivity index (χ4v) is 2.25.